The molecule has 156 valence electrons. The predicted octanol–water partition coefficient (Wildman–Crippen LogP) is 2.64. The highest BCUT2D eigenvalue weighted by Crippen LogP contribution is 2.35. The Labute approximate surface area is 184 Å². The first-order chi connectivity index (χ1) is 15.2. The molecule has 1 fully saturated rings. The molecule has 0 radical (unpaired) electrons. The van der Waals surface area contributed by atoms with Crippen LogP contribution in [-0.2, 0) is 16.1 Å². The monoisotopic (exact) mass is 431 g/mol. The first-order valence-corrected chi connectivity index (χ1v) is 11.0. The largest absolute Gasteiger partial charge is 0.363 e. The van der Waals surface area contributed by atoms with Crippen LogP contribution in [0.1, 0.15) is 10.4 Å². The van der Waals surface area contributed by atoms with Crippen LogP contribution in [0.25, 0.3) is 5.57 Å². The number of thiophene rings is 1. The minimum atomic E-state index is -0.230. The number of piperazine rings is 1. The third-order valence-electron chi connectivity index (χ3n) is 5.57. The van der Waals surface area contributed by atoms with Gasteiger partial charge < -0.3 is 9.80 Å². The fraction of sp³-hybridized carbons (Fsp3) is 0.217. The van der Waals surface area contributed by atoms with Gasteiger partial charge in [-0.2, -0.15) is 0 Å². The Hall–Kier alpha value is -3.52. The number of nitrogens with zero attached hydrogens (tertiary/aromatic N) is 5. The molecule has 0 spiro atoms. The summed E-state index contributed by atoms with van der Waals surface area (Å²) in [6, 6.07) is 13.3. The smallest absolute Gasteiger partial charge is 0.278 e. The van der Waals surface area contributed by atoms with Crippen LogP contribution in [0.3, 0.4) is 0 Å². The summed E-state index contributed by atoms with van der Waals surface area (Å²) in [5, 5.41) is 1.93. The van der Waals surface area contributed by atoms with E-state index in [1.807, 2.05) is 47.8 Å². The van der Waals surface area contributed by atoms with Crippen LogP contribution in [-0.4, -0.2) is 57.8 Å². The summed E-state index contributed by atoms with van der Waals surface area (Å²) in [6.07, 6.45) is 5.13. The normalized spacial score (nSPS) is 17.1. The molecule has 1 saturated heterocycles. The summed E-state index contributed by atoms with van der Waals surface area (Å²) in [5.74, 6) is 0.477. The third kappa shape index (κ3) is 3.70. The molecular weight excluding hydrogens is 410 g/mol. The van der Waals surface area contributed by atoms with Gasteiger partial charge in [0.2, 0.25) is 0 Å². The van der Waals surface area contributed by atoms with Gasteiger partial charge in [0.1, 0.15) is 11.5 Å². The van der Waals surface area contributed by atoms with Crippen molar-refractivity contribution in [3.63, 3.8) is 0 Å². The number of carbonyl (C=O) groups is 2. The van der Waals surface area contributed by atoms with E-state index in [0.29, 0.717) is 24.4 Å². The molecule has 8 heteroatoms. The Balaban J connectivity index is 1.42. The van der Waals surface area contributed by atoms with E-state index in [0.717, 1.165) is 29.3 Å². The Bertz CT molecular complexity index is 1110. The number of imide groups is 1. The fourth-order valence-electron chi connectivity index (χ4n) is 4.01. The third-order valence-corrected chi connectivity index (χ3v) is 6.46. The lowest BCUT2D eigenvalue weighted by molar-refractivity contribution is -0.138. The van der Waals surface area contributed by atoms with Crippen molar-refractivity contribution in [2.75, 3.05) is 31.1 Å². The van der Waals surface area contributed by atoms with Gasteiger partial charge in [0.15, 0.2) is 0 Å². The first-order valence-electron chi connectivity index (χ1n) is 10.2. The zero-order valence-electron chi connectivity index (χ0n) is 16.8. The highest BCUT2D eigenvalue weighted by atomic mass is 32.1. The van der Waals surface area contributed by atoms with Crippen LogP contribution in [0.4, 0.5) is 5.82 Å². The van der Waals surface area contributed by atoms with Crippen molar-refractivity contribution in [3.8, 4) is 0 Å². The van der Waals surface area contributed by atoms with E-state index in [1.54, 1.807) is 18.6 Å². The molecular formula is C23H21N5O2S. The maximum absolute atomic E-state index is 13.4. The predicted molar refractivity (Wildman–Crippen MR) is 119 cm³/mol. The van der Waals surface area contributed by atoms with Gasteiger partial charge >= 0.3 is 0 Å². The number of amides is 2. The summed E-state index contributed by atoms with van der Waals surface area (Å²) in [6.45, 7) is 3.03. The number of anilines is 1. The SMILES string of the molecule is O=C1C(c2cccs2)=C(N2CCN(c3ccccn3)CC2)C(=O)N1Cc1ccncc1. The number of rotatable bonds is 5. The summed E-state index contributed by atoms with van der Waals surface area (Å²) in [7, 11) is 0. The molecule has 2 aliphatic rings. The second kappa shape index (κ2) is 8.31. The maximum atomic E-state index is 13.4. The molecule has 5 heterocycles. The maximum Gasteiger partial charge on any atom is 0.278 e. The van der Waals surface area contributed by atoms with Crippen LogP contribution in [0, 0.1) is 0 Å². The van der Waals surface area contributed by atoms with E-state index in [9.17, 15) is 9.59 Å². The Morgan fingerprint density at radius 1 is 0.839 bits per heavy atom. The fourth-order valence-corrected chi connectivity index (χ4v) is 4.78. The Morgan fingerprint density at radius 3 is 2.29 bits per heavy atom. The molecule has 0 aromatic carbocycles. The van der Waals surface area contributed by atoms with E-state index in [2.05, 4.69) is 19.8 Å². The highest BCUT2D eigenvalue weighted by Gasteiger charge is 2.42. The van der Waals surface area contributed by atoms with Crippen molar-refractivity contribution in [3.05, 3.63) is 82.6 Å². The molecule has 0 atom stereocenters. The van der Waals surface area contributed by atoms with Gasteiger partial charge in [-0.25, -0.2) is 4.98 Å². The number of carbonyl (C=O) groups excluding carboxylic acids is 2. The van der Waals surface area contributed by atoms with Crippen molar-refractivity contribution in [1.29, 1.82) is 0 Å². The van der Waals surface area contributed by atoms with Gasteiger partial charge in [-0.15, -0.1) is 11.3 Å². The molecule has 7 nitrogen and oxygen atoms in total. The molecule has 5 rings (SSSR count). The van der Waals surface area contributed by atoms with Gasteiger partial charge in [-0.1, -0.05) is 12.1 Å². The molecule has 2 aliphatic heterocycles. The Kier molecular flexibility index (Phi) is 5.21. The van der Waals surface area contributed by atoms with Crippen molar-refractivity contribution < 1.29 is 9.59 Å². The number of hydrogen-bond donors (Lipinski definition) is 0. The average molecular weight is 432 g/mol. The van der Waals surface area contributed by atoms with E-state index in [4.69, 9.17) is 0 Å². The lowest BCUT2D eigenvalue weighted by Gasteiger charge is -2.37. The van der Waals surface area contributed by atoms with Crippen molar-refractivity contribution >= 4 is 34.5 Å². The topological polar surface area (TPSA) is 69.6 Å². The average Bonchev–Trinajstić information content (AvgIpc) is 3.43. The minimum Gasteiger partial charge on any atom is -0.363 e. The number of pyridine rings is 2. The molecule has 2 amide bonds. The minimum absolute atomic E-state index is 0.225. The zero-order chi connectivity index (χ0) is 21.2. The molecule has 0 saturated carbocycles. The van der Waals surface area contributed by atoms with Crippen molar-refractivity contribution in [1.82, 2.24) is 19.8 Å². The number of hydrogen-bond acceptors (Lipinski definition) is 7. The van der Waals surface area contributed by atoms with Gasteiger partial charge in [0.25, 0.3) is 11.8 Å². The summed E-state index contributed by atoms with van der Waals surface area (Å²) in [4.78, 5) is 41.7. The highest BCUT2D eigenvalue weighted by molar-refractivity contribution is 7.11. The van der Waals surface area contributed by atoms with Crippen molar-refractivity contribution in [2.45, 2.75) is 6.54 Å². The molecule has 0 unspecified atom stereocenters. The van der Waals surface area contributed by atoms with Gasteiger partial charge in [-0.3, -0.25) is 19.5 Å². The molecule has 3 aromatic heterocycles. The van der Waals surface area contributed by atoms with Crippen LogP contribution >= 0.6 is 11.3 Å². The van der Waals surface area contributed by atoms with E-state index < -0.39 is 0 Å². The number of aromatic nitrogens is 2. The van der Waals surface area contributed by atoms with E-state index in [1.165, 1.54) is 16.2 Å². The van der Waals surface area contributed by atoms with Crippen LogP contribution in [0.2, 0.25) is 0 Å². The quantitative estimate of drug-likeness (QED) is 0.579. The molecule has 0 bridgehead atoms. The van der Waals surface area contributed by atoms with Crippen LogP contribution in [0.15, 0.2) is 72.1 Å². The second-order valence-electron chi connectivity index (χ2n) is 7.41. The molecule has 3 aromatic rings. The van der Waals surface area contributed by atoms with Crippen LogP contribution < -0.4 is 4.90 Å². The second-order valence-corrected chi connectivity index (χ2v) is 8.36. The summed E-state index contributed by atoms with van der Waals surface area (Å²) in [5.41, 5.74) is 1.91. The molecule has 0 aliphatic carbocycles. The van der Waals surface area contributed by atoms with Gasteiger partial charge in [0.05, 0.1) is 12.1 Å². The van der Waals surface area contributed by atoms with E-state index in [-0.39, 0.29) is 18.4 Å². The van der Waals surface area contributed by atoms with Crippen LogP contribution in [0.5, 0.6) is 0 Å². The van der Waals surface area contributed by atoms with Gasteiger partial charge in [-0.05, 0) is 41.3 Å². The summed E-state index contributed by atoms with van der Waals surface area (Å²) < 4.78 is 0. The standard InChI is InChI=1S/C23H21N5O2S/c29-22-20(18-4-3-15-31-18)21(23(30)28(22)16-17-6-9-24-10-7-17)27-13-11-26(12-14-27)19-5-1-2-8-25-19/h1-10,15H,11-14,16H2. The van der Waals surface area contributed by atoms with Crippen molar-refractivity contribution in [2.24, 2.45) is 0 Å². The summed E-state index contributed by atoms with van der Waals surface area (Å²) >= 11 is 1.48. The first kappa shape index (κ1) is 19.4. The Morgan fingerprint density at radius 2 is 1.61 bits per heavy atom. The molecule has 31 heavy (non-hydrogen) atoms. The molecule has 0 N–H and O–H groups in total. The van der Waals surface area contributed by atoms with E-state index >= 15 is 0 Å². The van der Waals surface area contributed by atoms with Gasteiger partial charge in [0, 0.05) is 49.6 Å². The lowest BCUT2D eigenvalue weighted by Crippen LogP contribution is -2.47. The lowest BCUT2D eigenvalue weighted by atomic mass is 10.1. The zero-order valence-corrected chi connectivity index (χ0v) is 17.7.